The van der Waals surface area contributed by atoms with E-state index in [1.54, 1.807) is 13.2 Å². The van der Waals surface area contributed by atoms with Gasteiger partial charge in [0.1, 0.15) is 17.4 Å². The van der Waals surface area contributed by atoms with Gasteiger partial charge in [-0.2, -0.15) is 0 Å². The molecule has 0 saturated carbocycles. The quantitative estimate of drug-likeness (QED) is 0.672. The summed E-state index contributed by atoms with van der Waals surface area (Å²) in [7, 11) is 1.54. The van der Waals surface area contributed by atoms with Crippen LogP contribution in [0.3, 0.4) is 0 Å². The Kier molecular flexibility index (Phi) is 4.55. The molecule has 0 radical (unpaired) electrons. The van der Waals surface area contributed by atoms with Gasteiger partial charge in [0.05, 0.1) is 13.2 Å². The molecule has 2 aromatic carbocycles. The molecule has 1 atom stereocenters. The molecule has 0 bridgehead atoms. The van der Waals surface area contributed by atoms with Crippen molar-refractivity contribution >= 4 is 0 Å². The predicted octanol–water partition coefficient (Wildman–Crippen LogP) is 3.14. The summed E-state index contributed by atoms with van der Waals surface area (Å²) in [5.41, 5.74) is 5.32. The first kappa shape index (κ1) is 15.4. The summed E-state index contributed by atoms with van der Waals surface area (Å²) in [5.74, 6) is 5.14. The van der Waals surface area contributed by atoms with Crippen LogP contribution in [0, 0.1) is 25.5 Å². The molecule has 21 heavy (non-hydrogen) atoms. The van der Waals surface area contributed by atoms with Crippen molar-refractivity contribution < 1.29 is 13.5 Å². The van der Waals surface area contributed by atoms with Crippen molar-refractivity contribution in [2.24, 2.45) is 5.84 Å². The van der Waals surface area contributed by atoms with E-state index in [1.165, 1.54) is 0 Å². The molecular formula is C16H18F2N2O. The molecule has 0 aromatic heterocycles. The molecular weight excluding hydrogens is 274 g/mol. The molecule has 2 rings (SSSR count). The number of nitrogens with two attached hydrogens (primary N) is 1. The highest BCUT2D eigenvalue weighted by molar-refractivity contribution is 5.49. The number of hydrazine groups is 1. The molecule has 0 aliphatic rings. The predicted molar refractivity (Wildman–Crippen MR) is 78.0 cm³/mol. The molecule has 0 fully saturated rings. The molecule has 112 valence electrons. The number of rotatable bonds is 4. The van der Waals surface area contributed by atoms with Gasteiger partial charge in [0.15, 0.2) is 0 Å². The van der Waals surface area contributed by atoms with Crippen LogP contribution < -0.4 is 16.0 Å². The lowest BCUT2D eigenvalue weighted by molar-refractivity contribution is 0.399. The van der Waals surface area contributed by atoms with Gasteiger partial charge in [0, 0.05) is 11.1 Å². The van der Waals surface area contributed by atoms with Crippen LogP contribution in [0.1, 0.15) is 28.3 Å². The maximum absolute atomic E-state index is 14.0. The Morgan fingerprint density at radius 2 is 1.81 bits per heavy atom. The minimum atomic E-state index is -0.699. The highest BCUT2D eigenvalue weighted by Gasteiger charge is 2.22. The van der Waals surface area contributed by atoms with E-state index in [0.717, 1.165) is 29.3 Å². The first-order chi connectivity index (χ1) is 9.99. The first-order valence-corrected chi connectivity index (χ1v) is 6.54. The second kappa shape index (κ2) is 6.20. The zero-order valence-corrected chi connectivity index (χ0v) is 12.2. The van der Waals surface area contributed by atoms with Crippen LogP contribution in [0.15, 0.2) is 30.3 Å². The van der Waals surface area contributed by atoms with Crippen molar-refractivity contribution in [3.63, 3.8) is 0 Å². The number of nitrogens with one attached hydrogen (secondary N) is 1. The lowest BCUT2D eigenvalue weighted by Crippen LogP contribution is -2.30. The number of methoxy groups -OCH3 is 1. The summed E-state index contributed by atoms with van der Waals surface area (Å²) >= 11 is 0. The van der Waals surface area contributed by atoms with Gasteiger partial charge in [-0.3, -0.25) is 5.84 Å². The monoisotopic (exact) mass is 292 g/mol. The normalized spacial score (nSPS) is 12.3. The van der Waals surface area contributed by atoms with Crippen LogP contribution in [-0.2, 0) is 0 Å². The largest absolute Gasteiger partial charge is 0.496 e. The second-order valence-electron chi connectivity index (χ2n) is 4.90. The van der Waals surface area contributed by atoms with Crippen LogP contribution in [-0.4, -0.2) is 7.11 Å². The van der Waals surface area contributed by atoms with Crippen LogP contribution >= 0.6 is 0 Å². The molecule has 0 heterocycles. The molecule has 1 unspecified atom stereocenters. The van der Waals surface area contributed by atoms with E-state index >= 15 is 0 Å². The number of hydrogen-bond donors (Lipinski definition) is 2. The van der Waals surface area contributed by atoms with Gasteiger partial charge in [0.25, 0.3) is 0 Å². The average Bonchev–Trinajstić information content (AvgIpc) is 2.47. The average molecular weight is 292 g/mol. The van der Waals surface area contributed by atoms with Gasteiger partial charge in [-0.25, -0.2) is 14.2 Å². The summed E-state index contributed by atoms with van der Waals surface area (Å²) in [6, 6.07) is 6.29. The smallest absolute Gasteiger partial charge is 0.128 e. The maximum Gasteiger partial charge on any atom is 0.128 e. The van der Waals surface area contributed by atoms with E-state index in [9.17, 15) is 8.78 Å². The van der Waals surface area contributed by atoms with E-state index in [0.29, 0.717) is 11.3 Å². The van der Waals surface area contributed by atoms with Crippen molar-refractivity contribution in [2.45, 2.75) is 19.9 Å². The topological polar surface area (TPSA) is 47.3 Å². The molecule has 0 saturated heterocycles. The summed E-state index contributed by atoms with van der Waals surface area (Å²) < 4.78 is 32.8. The molecule has 5 heteroatoms. The van der Waals surface area contributed by atoms with Crippen molar-refractivity contribution in [2.75, 3.05) is 7.11 Å². The molecule has 2 aromatic rings. The molecule has 0 aliphatic carbocycles. The van der Waals surface area contributed by atoms with Crippen molar-refractivity contribution in [3.8, 4) is 5.75 Å². The molecule has 0 amide bonds. The van der Waals surface area contributed by atoms with Crippen LogP contribution in [0.5, 0.6) is 5.75 Å². The van der Waals surface area contributed by atoms with Crippen LogP contribution in [0.2, 0.25) is 0 Å². The lowest BCUT2D eigenvalue weighted by atomic mass is 9.94. The SMILES string of the molecule is COc1c(C(NN)c2cc(F)ccc2F)ccc(C)c1C. The fourth-order valence-electron chi connectivity index (χ4n) is 2.39. The highest BCUT2D eigenvalue weighted by Crippen LogP contribution is 2.34. The van der Waals surface area contributed by atoms with E-state index in [2.05, 4.69) is 5.43 Å². The minimum Gasteiger partial charge on any atom is -0.496 e. The highest BCUT2D eigenvalue weighted by atomic mass is 19.1. The van der Waals surface area contributed by atoms with Gasteiger partial charge in [-0.15, -0.1) is 0 Å². The van der Waals surface area contributed by atoms with Gasteiger partial charge >= 0.3 is 0 Å². The Bertz CT molecular complexity index is 659. The van der Waals surface area contributed by atoms with Crippen LogP contribution in [0.25, 0.3) is 0 Å². The molecule has 3 N–H and O–H groups in total. The Balaban J connectivity index is 2.62. The Labute approximate surface area is 122 Å². The summed E-state index contributed by atoms with van der Waals surface area (Å²) in [6.07, 6.45) is 0. The Morgan fingerprint density at radius 3 is 2.43 bits per heavy atom. The summed E-state index contributed by atoms with van der Waals surface area (Å²) in [5, 5.41) is 0. The molecule has 0 spiro atoms. The van der Waals surface area contributed by atoms with Gasteiger partial charge in [0.2, 0.25) is 0 Å². The zero-order chi connectivity index (χ0) is 15.6. The van der Waals surface area contributed by atoms with Crippen molar-refractivity contribution in [1.82, 2.24) is 5.43 Å². The number of aryl methyl sites for hydroxylation is 1. The van der Waals surface area contributed by atoms with E-state index in [-0.39, 0.29) is 5.56 Å². The van der Waals surface area contributed by atoms with Gasteiger partial charge in [-0.05, 0) is 43.2 Å². The number of ether oxygens (including phenoxy) is 1. The van der Waals surface area contributed by atoms with Crippen LogP contribution in [0.4, 0.5) is 8.78 Å². The first-order valence-electron chi connectivity index (χ1n) is 6.54. The summed E-state index contributed by atoms with van der Waals surface area (Å²) in [4.78, 5) is 0. The van der Waals surface area contributed by atoms with Gasteiger partial charge < -0.3 is 4.74 Å². The number of benzene rings is 2. The third kappa shape index (κ3) is 2.89. The minimum absolute atomic E-state index is 0.138. The molecule has 3 nitrogen and oxygen atoms in total. The number of hydrogen-bond acceptors (Lipinski definition) is 3. The zero-order valence-electron chi connectivity index (χ0n) is 12.2. The van der Waals surface area contributed by atoms with Crippen molar-refractivity contribution in [3.05, 3.63) is 64.2 Å². The van der Waals surface area contributed by atoms with Crippen molar-refractivity contribution in [1.29, 1.82) is 0 Å². The Hall–Kier alpha value is -1.98. The third-order valence-electron chi connectivity index (χ3n) is 3.66. The number of halogens is 2. The summed E-state index contributed by atoms with van der Waals surface area (Å²) in [6.45, 7) is 3.86. The standard InChI is InChI=1S/C16H18F2N2O/c1-9-4-6-12(16(21-3)10(9)2)15(20-19)13-8-11(17)5-7-14(13)18/h4-8,15,20H,19H2,1-3H3. The van der Waals surface area contributed by atoms with E-state index in [4.69, 9.17) is 10.6 Å². The maximum atomic E-state index is 14.0. The molecule has 0 aliphatic heterocycles. The van der Waals surface area contributed by atoms with E-state index < -0.39 is 17.7 Å². The fraction of sp³-hybridized carbons (Fsp3) is 0.250. The van der Waals surface area contributed by atoms with E-state index in [1.807, 2.05) is 19.9 Å². The Morgan fingerprint density at radius 1 is 1.10 bits per heavy atom. The fourth-order valence-corrected chi connectivity index (χ4v) is 2.39. The lowest BCUT2D eigenvalue weighted by Gasteiger charge is -2.22. The van der Waals surface area contributed by atoms with Gasteiger partial charge in [-0.1, -0.05) is 12.1 Å². The third-order valence-corrected chi connectivity index (χ3v) is 3.66. The second-order valence-corrected chi connectivity index (χ2v) is 4.90.